The van der Waals surface area contributed by atoms with E-state index in [9.17, 15) is 2.74 Å². The molecule has 1 saturated heterocycles. The SMILES string of the molecule is [2H]C1([2H])C2(CCCCC2)C(C)N(c2c(C)ccc3c2oc2nc(C)ccc23)C1(C)C. The summed E-state index contributed by atoms with van der Waals surface area (Å²) in [4.78, 5) is 6.97. The number of rotatable bonds is 1. The molecule has 28 heavy (non-hydrogen) atoms. The lowest BCUT2D eigenvalue weighted by molar-refractivity contribution is 0.170. The molecule has 3 aromatic rings. The summed E-state index contributed by atoms with van der Waals surface area (Å²) in [7, 11) is 0. The molecule has 1 atom stereocenters. The zero-order valence-electron chi connectivity index (χ0n) is 19.7. The molecule has 3 heteroatoms. The highest BCUT2D eigenvalue weighted by atomic mass is 16.3. The van der Waals surface area contributed by atoms with Gasteiger partial charge in [0.1, 0.15) is 0 Å². The number of anilines is 1. The standard InChI is InChI=1S/C25H32N2O/c1-16-9-11-19-20-12-10-17(2)26-23(20)28-22(19)21(16)27-18(3)25(15-24(27,4)5)13-7-6-8-14-25/h9-12,18H,6-8,13-15H2,1-5H3/i15D2. The normalized spacial score (nSPS) is 26.8. The van der Waals surface area contributed by atoms with Crippen LogP contribution in [0.25, 0.3) is 22.1 Å². The summed E-state index contributed by atoms with van der Waals surface area (Å²) < 4.78 is 25.0. The van der Waals surface area contributed by atoms with Crippen LogP contribution in [0.15, 0.2) is 28.7 Å². The summed E-state index contributed by atoms with van der Waals surface area (Å²) in [6.45, 7) is 10.5. The summed E-state index contributed by atoms with van der Waals surface area (Å²) in [5, 5.41) is 2.09. The van der Waals surface area contributed by atoms with E-state index in [2.05, 4.69) is 55.8 Å². The van der Waals surface area contributed by atoms with Crippen molar-refractivity contribution in [1.82, 2.24) is 4.98 Å². The van der Waals surface area contributed by atoms with E-state index in [0.29, 0.717) is 5.71 Å². The first kappa shape index (κ1) is 15.8. The number of hydrogen-bond donors (Lipinski definition) is 0. The van der Waals surface area contributed by atoms with E-state index >= 15 is 0 Å². The third-order valence-electron chi connectivity index (χ3n) is 7.15. The van der Waals surface area contributed by atoms with E-state index in [1.165, 1.54) is 6.42 Å². The lowest BCUT2D eigenvalue weighted by Crippen LogP contribution is -2.44. The maximum atomic E-state index is 9.34. The molecule has 148 valence electrons. The van der Waals surface area contributed by atoms with Crippen molar-refractivity contribution in [2.45, 2.75) is 84.7 Å². The number of fused-ring (bicyclic) bond motifs is 3. The van der Waals surface area contributed by atoms with Crippen LogP contribution in [0.4, 0.5) is 5.69 Å². The molecule has 0 N–H and O–H groups in total. The smallest absolute Gasteiger partial charge is 0.227 e. The summed E-state index contributed by atoms with van der Waals surface area (Å²) >= 11 is 0. The predicted octanol–water partition coefficient (Wildman–Crippen LogP) is 6.93. The maximum absolute atomic E-state index is 9.34. The van der Waals surface area contributed by atoms with Crippen molar-refractivity contribution < 1.29 is 7.16 Å². The lowest BCUT2D eigenvalue weighted by Gasteiger charge is -2.41. The molecule has 0 radical (unpaired) electrons. The summed E-state index contributed by atoms with van der Waals surface area (Å²) in [6, 6.07) is 8.47. The van der Waals surface area contributed by atoms with Crippen LogP contribution >= 0.6 is 0 Å². The van der Waals surface area contributed by atoms with Crippen molar-refractivity contribution in [2.75, 3.05) is 4.90 Å². The molecule has 3 nitrogen and oxygen atoms in total. The number of aromatic nitrogens is 1. The Bertz CT molecular complexity index is 1140. The fourth-order valence-corrected chi connectivity index (χ4v) is 5.90. The zero-order valence-corrected chi connectivity index (χ0v) is 17.7. The Hall–Kier alpha value is -2.03. The van der Waals surface area contributed by atoms with Gasteiger partial charge in [-0.1, -0.05) is 31.4 Å². The first-order valence-corrected chi connectivity index (χ1v) is 10.7. The minimum atomic E-state index is -1.30. The van der Waals surface area contributed by atoms with Gasteiger partial charge in [0, 0.05) is 30.8 Å². The molecule has 5 rings (SSSR count). The first-order valence-electron chi connectivity index (χ1n) is 11.7. The molecule has 2 fully saturated rings. The summed E-state index contributed by atoms with van der Waals surface area (Å²) in [6.07, 6.45) is 4.06. The van der Waals surface area contributed by atoms with Gasteiger partial charge in [-0.15, -0.1) is 0 Å². The van der Waals surface area contributed by atoms with Crippen LogP contribution in [-0.2, 0) is 0 Å². The first-order chi connectivity index (χ1) is 14.1. The van der Waals surface area contributed by atoms with Gasteiger partial charge in [0.2, 0.25) is 5.71 Å². The Morgan fingerprint density at radius 1 is 1.07 bits per heavy atom. The van der Waals surface area contributed by atoms with E-state index in [4.69, 9.17) is 4.42 Å². The van der Waals surface area contributed by atoms with Gasteiger partial charge in [0.15, 0.2) is 5.58 Å². The number of furan rings is 1. The minimum Gasteiger partial charge on any atom is -0.436 e. The fourth-order valence-electron chi connectivity index (χ4n) is 5.90. The second-order valence-electron chi connectivity index (χ2n) is 9.46. The predicted molar refractivity (Wildman–Crippen MR) is 117 cm³/mol. The molecule has 1 aliphatic carbocycles. The molecule has 0 amide bonds. The van der Waals surface area contributed by atoms with Crippen molar-refractivity contribution in [2.24, 2.45) is 5.41 Å². The number of nitrogens with zero attached hydrogens (tertiary/aromatic N) is 2. The molecule has 3 heterocycles. The molecular formula is C25H32N2O. The number of aryl methyl sites for hydroxylation is 2. The monoisotopic (exact) mass is 378 g/mol. The second-order valence-corrected chi connectivity index (χ2v) is 9.46. The highest BCUT2D eigenvalue weighted by molar-refractivity contribution is 6.08. The minimum absolute atomic E-state index is 0.0926. The van der Waals surface area contributed by atoms with E-state index < -0.39 is 11.9 Å². The molecular weight excluding hydrogens is 344 g/mol. The van der Waals surface area contributed by atoms with Gasteiger partial charge in [0.05, 0.1) is 5.69 Å². The zero-order chi connectivity index (χ0) is 21.5. The van der Waals surface area contributed by atoms with Crippen molar-refractivity contribution in [1.29, 1.82) is 0 Å². The second kappa shape index (κ2) is 5.98. The Kier molecular flexibility index (Phi) is 3.39. The fraction of sp³-hybridized carbons (Fsp3) is 0.560. The van der Waals surface area contributed by atoms with E-state index in [1.54, 1.807) is 0 Å². The third kappa shape index (κ3) is 2.44. The summed E-state index contributed by atoms with van der Waals surface area (Å²) in [5.74, 6) is 0. The third-order valence-corrected chi connectivity index (χ3v) is 7.15. The van der Waals surface area contributed by atoms with E-state index in [-0.39, 0.29) is 11.5 Å². The van der Waals surface area contributed by atoms with Crippen LogP contribution in [0.5, 0.6) is 0 Å². The van der Waals surface area contributed by atoms with Crippen molar-refractivity contribution in [3.8, 4) is 0 Å². The van der Waals surface area contributed by atoms with Crippen molar-refractivity contribution in [3.63, 3.8) is 0 Å². The Morgan fingerprint density at radius 2 is 1.79 bits per heavy atom. The van der Waals surface area contributed by atoms with Crippen molar-refractivity contribution >= 4 is 27.8 Å². The van der Waals surface area contributed by atoms with Gasteiger partial charge in [-0.2, -0.15) is 0 Å². The molecule has 1 unspecified atom stereocenters. The highest BCUT2D eigenvalue weighted by Crippen LogP contribution is 2.57. The number of hydrogen-bond acceptors (Lipinski definition) is 3. The van der Waals surface area contributed by atoms with Crippen LogP contribution in [0, 0.1) is 19.3 Å². The Labute approximate surface area is 170 Å². The van der Waals surface area contributed by atoms with Crippen LogP contribution in [0.2, 0.25) is 0 Å². The van der Waals surface area contributed by atoms with Gasteiger partial charge in [0.25, 0.3) is 0 Å². The summed E-state index contributed by atoms with van der Waals surface area (Å²) in [5.41, 5.74) is 3.62. The maximum Gasteiger partial charge on any atom is 0.227 e. The van der Waals surface area contributed by atoms with Crippen LogP contribution in [0.3, 0.4) is 0 Å². The van der Waals surface area contributed by atoms with Gasteiger partial charge >= 0.3 is 0 Å². The van der Waals surface area contributed by atoms with Gasteiger partial charge in [-0.25, -0.2) is 4.98 Å². The average molecular weight is 379 g/mol. The number of pyridine rings is 1. The number of benzene rings is 1. The van der Waals surface area contributed by atoms with Gasteiger partial charge in [-0.05, 0) is 76.9 Å². The van der Waals surface area contributed by atoms with Crippen LogP contribution < -0.4 is 4.90 Å². The Morgan fingerprint density at radius 3 is 2.54 bits per heavy atom. The van der Waals surface area contributed by atoms with Gasteiger partial charge in [-0.3, -0.25) is 0 Å². The molecule has 1 aliphatic heterocycles. The van der Waals surface area contributed by atoms with E-state index in [0.717, 1.165) is 59.0 Å². The molecule has 2 aliphatic rings. The Balaban J connectivity index is 1.79. The molecule has 2 aromatic heterocycles. The van der Waals surface area contributed by atoms with E-state index in [1.807, 2.05) is 13.0 Å². The highest BCUT2D eigenvalue weighted by Gasteiger charge is 2.54. The average Bonchev–Trinajstić information content (AvgIpc) is 3.11. The molecule has 1 saturated carbocycles. The quantitative estimate of drug-likeness (QED) is 0.460. The van der Waals surface area contributed by atoms with Crippen molar-refractivity contribution in [3.05, 3.63) is 35.5 Å². The largest absolute Gasteiger partial charge is 0.436 e. The topological polar surface area (TPSA) is 29.3 Å². The molecule has 0 bridgehead atoms. The lowest BCUT2D eigenvalue weighted by atomic mass is 9.68. The molecule has 1 spiro atoms. The van der Waals surface area contributed by atoms with Gasteiger partial charge < -0.3 is 9.32 Å². The van der Waals surface area contributed by atoms with Crippen LogP contribution in [0.1, 0.15) is 73.2 Å². The van der Waals surface area contributed by atoms with Crippen LogP contribution in [-0.4, -0.2) is 16.6 Å². The molecule has 1 aromatic carbocycles.